The fraction of sp³-hybridized carbons (Fsp3) is 0.543. The van der Waals surface area contributed by atoms with Crippen LogP contribution in [0.2, 0.25) is 10.0 Å². The topological polar surface area (TPSA) is 108 Å². The van der Waals surface area contributed by atoms with Crippen molar-refractivity contribution >= 4 is 47.5 Å². The molecule has 2 atom stereocenters. The Hall–Kier alpha value is -2.62. The van der Waals surface area contributed by atoms with Crippen molar-refractivity contribution in [3.8, 4) is 0 Å². The van der Waals surface area contributed by atoms with Gasteiger partial charge in [0.2, 0.25) is 0 Å². The predicted octanol–water partition coefficient (Wildman–Crippen LogP) is 8.14. The number of nitrogens with zero attached hydrogens (tertiary/aromatic N) is 2. The number of methoxy groups -OCH3 is 1. The summed E-state index contributed by atoms with van der Waals surface area (Å²) in [4.78, 5) is 40.8. The molecule has 2 unspecified atom stereocenters. The molecule has 0 saturated carbocycles. The van der Waals surface area contributed by atoms with Crippen molar-refractivity contribution in [2.45, 2.75) is 85.4 Å². The van der Waals surface area contributed by atoms with Crippen LogP contribution < -0.4 is 5.32 Å². The zero-order chi connectivity index (χ0) is 34.6. The largest absolute Gasteiger partial charge is 0.481 e. The van der Waals surface area contributed by atoms with E-state index in [4.69, 9.17) is 38.0 Å². The minimum absolute atomic E-state index is 0.0563. The van der Waals surface area contributed by atoms with Gasteiger partial charge < -0.3 is 15.2 Å². The number of hydrogen-bond acceptors (Lipinski definition) is 7. The molecule has 2 aromatic rings. The van der Waals surface area contributed by atoms with Gasteiger partial charge >= 0.3 is 5.97 Å². The second-order valence-electron chi connectivity index (χ2n) is 11.7. The van der Waals surface area contributed by atoms with Crippen LogP contribution in [0.3, 0.4) is 0 Å². The van der Waals surface area contributed by atoms with Gasteiger partial charge in [-0.05, 0) is 62.5 Å². The molecule has 0 aliphatic rings. The summed E-state index contributed by atoms with van der Waals surface area (Å²) in [6.45, 7) is 13.8. The number of aldehydes is 2. The highest BCUT2D eigenvalue weighted by Gasteiger charge is 2.41. The van der Waals surface area contributed by atoms with E-state index in [1.54, 1.807) is 32.4 Å². The number of halogens is 2. The van der Waals surface area contributed by atoms with Gasteiger partial charge in [-0.1, -0.05) is 95.4 Å². The zero-order valence-electron chi connectivity index (χ0n) is 28.5. The first-order chi connectivity index (χ1) is 21.2. The van der Waals surface area contributed by atoms with Crippen LogP contribution in [-0.2, 0) is 14.3 Å². The minimum Gasteiger partial charge on any atom is -0.481 e. The predicted molar refractivity (Wildman–Crippen MR) is 187 cm³/mol. The Bertz CT molecular complexity index is 1180. The number of carbonyl (C=O) groups excluding carboxylic acids is 2. The summed E-state index contributed by atoms with van der Waals surface area (Å²) >= 11 is 12.5. The number of nitrogens with one attached hydrogen (secondary N) is 1. The third kappa shape index (κ3) is 15.5. The number of aliphatic carboxylic acids is 1. The van der Waals surface area contributed by atoms with Crippen LogP contribution in [0.4, 0.5) is 0 Å². The third-order valence-corrected chi connectivity index (χ3v) is 7.26. The van der Waals surface area contributed by atoms with Crippen molar-refractivity contribution in [3.63, 3.8) is 0 Å². The molecule has 0 spiro atoms. The van der Waals surface area contributed by atoms with Crippen LogP contribution in [-0.4, -0.2) is 74.3 Å². The Morgan fingerprint density at radius 2 is 1.67 bits per heavy atom. The maximum absolute atomic E-state index is 12.4. The molecule has 8 nitrogen and oxygen atoms in total. The molecule has 0 fully saturated rings. The Labute approximate surface area is 280 Å². The molecule has 0 aromatic heterocycles. The van der Waals surface area contributed by atoms with Crippen molar-refractivity contribution in [2.24, 2.45) is 10.4 Å². The molecule has 0 radical (unpaired) electrons. The van der Waals surface area contributed by atoms with Crippen molar-refractivity contribution < 1.29 is 24.2 Å². The van der Waals surface area contributed by atoms with Crippen LogP contribution in [0, 0.1) is 5.41 Å². The van der Waals surface area contributed by atoms with Crippen LogP contribution in [0.5, 0.6) is 0 Å². The van der Waals surface area contributed by atoms with Gasteiger partial charge in [-0.25, -0.2) is 0 Å². The van der Waals surface area contributed by atoms with Gasteiger partial charge in [0.1, 0.15) is 17.7 Å². The molecule has 0 aliphatic heterocycles. The maximum atomic E-state index is 12.4. The minimum atomic E-state index is -0.755. The van der Waals surface area contributed by atoms with Crippen LogP contribution in [0.15, 0.2) is 47.5 Å². The van der Waals surface area contributed by atoms with Crippen molar-refractivity contribution in [3.05, 3.63) is 69.2 Å². The van der Waals surface area contributed by atoms with Gasteiger partial charge in [0, 0.05) is 47.5 Å². The highest BCUT2D eigenvalue weighted by Crippen LogP contribution is 2.41. The number of benzene rings is 2. The smallest absolute Gasteiger partial charge is 0.304 e. The monoisotopic (exact) mass is 665 g/mol. The summed E-state index contributed by atoms with van der Waals surface area (Å²) in [6, 6.07) is 12.6. The van der Waals surface area contributed by atoms with Crippen LogP contribution in [0.1, 0.15) is 101 Å². The average Bonchev–Trinajstić information content (AvgIpc) is 2.99. The molecule has 252 valence electrons. The zero-order valence-corrected chi connectivity index (χ0v) is 30.0. The van der Waals surface area contributed by atoms with E-state index >= 15 is 0 Å². The number of rotatable bonds is 16. The molecule has 0 aliphatic carbocycles. The standard InChI is InChI=1S/C29H38Cl2N2O3.C4H9NO2.C2H6/c1-7-13-29(20-28(2,3)4,32-26(19-35)23-15-24(30)17-25(31)16-23)33(5)27(12-14-36-6)22-10-8-21(18-34)9-11-22;1-5-3-2-4(6)7;1-2/h8-11,15-19,27H,7,12-14,20H2,1-6H3;5H,2-3H2,1H3,(H,6,7);1-2H3/b32-26+;;. The lowest BCUT2D eigenvalue weighted by Crippen LogP contribution is -2.50. The molecular weight excluding hydrogens is 613 g/mol. The lowest BCUT2D eigenvalue weighted by molar-refractivity contribution is -0.136. The van der Waals surface area contributed by atoms with E-state index < -0.39 is 11.6 Å². The van der Waals surface area contributed by atoms with E-state index in [0.717, 1.165) is 37.4 Å². The van der Waals surface area contributed by atoms with Gasteiger partial charge in [0.15, 0.2) is 6.29 Å². The van der Waals surface area contributed by atoms with E-state index in [1.807, 2.05) is 38.1 Å². The highest BCUT2D eigenvalue weighted by atomic mass is 35.5. The lowest BCUT2D eigenvalue weighted by Gasteiger charge is -2.47. The molecule has 0 bridgehead atoms. The summed E-state index contributed by atoms with van der Waals surface area (Å²) in [7, 11) is 5.47. The summed E-state index contributed by atoms with van der Waals surface area (Å²) in [5.74, 6) is -0.755. The molecule has 2 N–H and O–H groups in total. The van der Waals surface area contributed by atoms with Crippen molar-refractivity contribution in [2.75, 3.05) is 34.4 Å². The highest BCUT2D eigenvalue weighted by molar-refractivity contribution is 6.39. The Kier molecular flexibility index (Phi) is 20.7. The molecule has 0 amide bonds. The number of hydrogen-bond donors (Lipinski definition) is 2. The number of carboxylic acids is 1. The van der Waals surface area contributed by atoms with Gasteiger partial charge in [-0.3, -0.25) is 24.3 Å². The third-order valence-electron chi connectivity index (χ3n) is 6.83. The number of ether oxygens (including phenoxy) is 1. The Balaban J connectivity index is 0.00000189. The molecule has 0 heterocycles. The Morgan fingerprint density at radius 1 is 1.09 bits per heavy atom. The van der Waals surface area contributed by atoms with Gasteiger partial charge in [0.25, 0.3) is 0 Å². The Morgan fingerprint density at radius 3 is 2.07 bits per heavy atom. The average molecular weight is 667 g/mol. The fourth-order valence-electron chi connectivity index (χ4n) is 5.03. The first-order valence-electron chi connectivity index (χ1n) is 15.4. The van der Waals surface area contributed by atoms with E-state index in [-0.39, 0.29) is 17.9 Å². The van der Waals surface area contributed by atoms with E-state index in [9.17, 15) is 14.4 Å². The first-order valence-corrected chi connectivity index (χ1v) is 16.2. The summed E-state index contributed by atoms with van der Waals surface area (Å²) in [6.07, 6.45) is 4.87. The number of carboxylic acid groups (broad SMARTS) is 1. The second kappa shape index (κ2) is 22.0. The summed E-state index contributed by atoms with van der Waals surface area (Å²) in [5, 5.41) is 11.6. The van der Waals surface area contributed by atoms with E-state index in [1.165, 1.54) is 0 Å². The van der Waals surface area contributed by atoms with E-state index in [2.05, 4.69) is 45.0 Å². The number of aliphatic imine (C=N–C) groups is 1. The van der Waals surface area contributed by atoms with Crippen molar-refractivity contribution in [1.29, 1.82) is 0 Å². The normalized spacial score (nSPS) is 13.5. The molecule has 45 heavy (non-hydrogen) atoms. The van der Waals surface area contributed by atoms with Gasteiger partial charge in [-0.2, -0.15) is 0 Å². The molecule has 0 saturated heterocycles. The quantitative estimate of drug-likeness (QED) is 0.138. The molecule has 2 rings (SSSR count). The van der Waals surface area contributed by atoms with Crippen LogP contribution >= 0.6 is 23.2 Å². The van der Waals surface area contributed by atoms with Crippen molar-refractivity contribution in [1.82, 2.24) is 10.2 Å². The second-order valence-corrected chi connectivity index (χ2v) is 12.6. The number of carbonyl (C=O) groups is 3. The van der Waals surface area contributed by atoms with Crippen LogP contribution in [0.25, 0.3) is 0 Å². The fourth-order valence-corrected chi connectivity index (χ4v) is 5.56. The lowest BCUT2D eigenvalue weighted by atomic mass is 9.80. The SMILES string of the molecule is CC.CCCC(CC(C)(C)C)(/N=C(\C=O)c1cc(Cl)cc(Cl)c1)N(C)C(CCOC)c1ccc(C=O)cc1.CNCCC(=O)O. The maximum Gasteiger partial charge on any atom is 0.304 e. The molecular formula is C35H53Cl2N3O5. The summed E-state index contributed by atoms with van der Waals surface area (Å²) in [5.41, 5.74) is 1.81. The van der Waals surface area contributed by atoms with E-state index in [0.29, 0.717) is 46.5 Å². The van der Waals surface area contributed by atoms with Gasteiger partial charge in [0.05, 0.1) is 6.42 Å². The molecule has 10 heteroatoms. The van der Waals surface area contributed by atoms with Gasteiger partial charge in [-0.15, -0.1) is 0 Å². The molecule has 2 aromatic carbocycles. The first kappa shape index (κ1) is 42.4. The summed E-state index contributed by atoms with van der Waals surface area (Å²) < 4.78 is 5.46.